The average Bonchev–Trinajstić information content (AvgIpc) is 3.04. The van der Waals surface area contributed by atoms with E-state index in [1.807, 2.05) is 6.07 Å². The first kappa shape index (κ1) is 13.6. The van der Waals surface area contributed by atoms with Crippen LogP contribution in [0.3, 0.4) is 0 Å². The molecule has 3 unspecified atom stereocenters. The van der Waals surface area contributed by atoms with Gasteiger partial charge >= 0.3 is 0 Å². The van der Waals surface area contributed by atoms with Crippen LogP contribution in [0.1, 0.15) is 29.7 Å². The van der Waals surface area contributed by atoms with Crippen molar-refractivity contribution in [2.45, 2.75) is 24.1 Å². The molecule has 104 valence electrons. The van der Waals surface area contributed by atoms with E-state index in [2.05, 4.69) is 22.0 Å². The van der Waals surface area contributed by atoms with Gasteiger partial charge in [0.2, 0.25) is 0 Å². The van der Waals surface area contributed by atoms with Gasteiger partial charge in [0, 0.05) is 10.4 Å². The molecule has 0 aromatic heterocycles. The average molecular weight is 346 g/mol. The van der Waals surface area contributed by atoms with Gasteiger partial charge < -0.3 is 9.47 Å². The molecule has 2 aliphatic carbocycles. The first-order valence-corrected chi connectivity index (χ1v) is 7.99. The predicted octanol–water partition coefficient (Wildman–Crippen LogP) is 4.84. The van der Waals surface area contributed by atoms with Crippen LogP contribution in [0.25, 0.3) is 0 Å². The van der Waals surface area contributed by atoms with E-state index >= 15 is 0 Å². The van der Waals surface area contributed by atoms with Crippen LogP contribution in [0.2, 0.25) is 5.02 Å². The van der Waals surface area contributed by atoms with Gasteiger partial charge in [0.25, 0.3) is 0 Å². The molecular formula is C15H18BrClO2. The van der Waals surface area contributed by atoms with Crippen molar-refractivity contribution in [3.63, 3.8) is 0 Å². The van der Waals surface area contributed by atoms with Crippen molar-refractivity contribution in [1.29, 1.82) is 0 Å². The lowest BCUT2D eigenvalue weighted by atomic mass is 9.94. The maximum atomic E-state index is 6.33. The Labute approximate surface area is 127 Å². The number of halogens is 2. The zero-order valence-electron chi connectivity index (χ0n) is 11.2. The highest BCUT2D eigenvalue weighted by atomic mass is 79.9. The van der Waals surface area contributed by atoms with E-state index in [-0.39, 0.29) is 0 Å². The van der Waals surface area contributed by atoms with Gasteiger partial charge in [0.05, 0.1) is 14.2 Å². The van der Waals surface area contributed by atoms with Crippen molar-refractivity contribution < 1.29 is 9.47 Å². The Balaban J connectivity index is 1.88. The van der Waals surface area contributed by atoms with Gasteiger partial charge in [0.1, 0.15) is 16.5 Å². The molecule has 1 aromatic carbocycles. The molecule has 0 aliphatic heterocycles. The third-order valence-electron chi connectivity index (χ3n) is 4.51. The van der Waals surface area contributed by atoms with Gasteiger partial charge in [-0.1, -0.05) is 33.6 Å². The molecule has 2 aliphatic rings. The topological polar surface area (TPSA) is 18.5 Å². The lowest BCUT2D eigenvalue weighted by Gasteiger charge is -2.22. The fourth-order valence-corrected chi connectivity index (χ4v) is 4.51. The van der Waals surface area contributed by atoms with Gasteiger partial charge in [0.15, 0.2) is 0 Å². The highest BCUT2D eigenvalue weighted by Crippen LogP contribution is 2.59. The highest BCUT2D eigenvalue weighted by molar-refractivity contribution is 9.09. The molecule has 0 saturated heterocycles. The number of methoxy groups -OCH3 is 2. The largest absolute Gasteiger partial charge is 0.495 e. The van der Waals surface area contributed by atoms with Crippen molar-refractivity contribution >= 4 is 27.5 Å². The Morgan fingerprint density at radius 1 is 1.16 bits per heavy atom. The fourth-order valence-electron chi connectivity index (χ4n) is 3.39. The molecule has 1 aromatic rings. The minimum absolute atomic E-state index is 0.318. The maximum Gasteiger partial charge on any atom is 0.145 e. The minimum Gasteiger partial charge on any atom is -0.495 e. The van der Waals surface area contributed by atoms with Crippen LogP contribution < -0.4 is 9.47 Å². The van der Waals surface area contributed by atoms with E-state index in [0.29, 0.717) is 21.5 Å². The summed E-state index contributed by atoms with van der Waals surface area (Å²) < 4.78 is 10.7. The number of rotatable bonds is 4. The summed E-state index contributed by atoms with van der Waals surface area (Å²) in [4.78, 5) is 0.318. The van der Waals surface area contributed by atoms with Crippen LogP contribution in [-0.4, -0.2) is 14.2 Å². The van der Waals surface area contributed by atoms with Crippen LogP contribution in [0.15, 0.2) is 12.1 Å². The van der Waals surface area contributed by atoms with Gasteiger partial charge in [-0.2, -0.15) is 0 Å². The Hall–Kier alpha value is -0.410. The van der Waals surface area contributed by atoms with Crippen LogP contribution in [0, 0.1) is 17.8 Å². The first-order valence-electron chi connectivity index (χ1n) is 6.70. The Kier molecular flexibility index (Phi) is 3.69. The molecule has 0 radical (unpaired) electrons. The monoisotopic (exact) mass is 344 g/mol. The van der Waals surface area contributed by atoms with Crippen molar-refractivity contribution in [1.82, 2.24) is 0 Å². The number of hydrogen-bond donors (Lipinski definition) is 0. The molecule has 0 heterocycles. The van der Waals surface area contributed by atoms with Crippen molar-refractivity contribution in [3.05, 3.63) is 22.7 Å². The standard InChI is InChI=1S/C15H18BrClO2/c1-18-12-4-3-11(15(19-2)14(12)17)13(16)10-6-8-5-9(8)7-10/h3-4,8-10,13H,5-7H2,1-2H3. The van der Waals surface area contributed by atoms with Crippen LogP contribution in [0.4, 0.5) is 0 Å². The summed E-state index contributed by atoms with van der Waals surface area (Å²) in [6, 6.07) is 3.98. The van der Waals surface area contributed by atoms with Crippen molar-refractivity contribution in [3.8, 4) is 11.5 Å². The van der Waals surface area contributed by atoms with Crippen molar-refractivity contribution in [2.24, 2.45) is 17.8 Å². The molecule has 4 heteroatoms. The summed E-state index contributed by atoms with van der Waals surface area (Å²) in [5, 5.41) is 0.565. The van der Waals surface area contributed by atoms with E-state index in [1.54, 1.807) is 14.2 Å². The lowest BCUT2D eigenvalue weighted by Crippen LogP contribution is -2.07. The normalized spacial score (nSPS) is 29.8. The number of ether oxygens (including phenoxy) is 2. The second kappa shape index (κ2) is 5.17. The molecule has 3 atom stereocenters. The predicted molar refractivity (Wildman–Crippen MR) is 80.5 cm³/mol. The molecule has 2 nitrogen and oxygen atoms in total. The van der Waals surface area contributed by atoms with Gasteiger partial charge in [-0.15, -0.1) is 0 Å². The van der Waals surface area contributed by atoms with E-state index in [4.69, 9.17) is 21.1 Å². The van der Waals surface area contributed by atoms with E-state index in [1.165, 1.54) is 19.3 Å². The Morgan fingerprint density at radius 3 is 2.42 bits per heavy atom. The number of fused-ring (bicyclic) bond motifs is 1. The molecule has 0 spiro atoms. The molecule has 3 rings (SSSR count). The third kappa shape index (κ3) is 2.36. The summed E-state index contributed by atoms with van der Waals surface area (Å²) in [7, 11) is 3.28. The summed E-state index contributed by atoms with van der Waals surface area (Å²) in [5.41, 5.74) is 1.14. The molecule has 0 N–H and O–H groups in total. The van der Waals surface area contributed by atoms with E-state index in [9.17, 15) is 0 Å². The van der Waals surface area contributed by atoms with E-state index < -0.39 is 0 Å². The first-order chi connectivity index (χ1) is 9.15. The summed E-state index contributed by atoms with van der Waals surface area (Å²) in [6.07, 6.45) is 4.09. The van der Waals surface area contributed by atoms with Crippen LogP contribution >= 0.6 is 27.5 Å². The summed E-state index contributed by atoms with van der Waals surface area (Å²) >= 11 is 10.2. The van der Waals surface area contributed by atoms with Crippen LogP contribution in [0.5, 0.6) is 11.5 Å². The smallest absolute Gasteiger partial charge is 0.145 e. The van der Waals surface area contributed by atoms with Crippen molar-refractivity contribution in [2.75, 3.05) is 14.2 Å². The molecule has 19 heavy (non-hydrogen) atoms. The van der Waals surface area contributed by atoms with E-state index in [0.717, 1.165) is 23.1 Å². The summed E-state index contributed by atoms with van der Waals surface area (Å²) in [5.74, 6) is 4.05. The number of hydrogen-bond acceptors (Lipinski definition) is 2. The second-order valence-corrected chi connectivity index (χ2v) is 6.96. The third-order valence-corrected chi connectivity index (χ3v) is 6.11. The molecular weight excluding hydrogens is 328 g/mol. The second-order valence-electron chi connectivity index (χ2n) is 5.59. The number of benzene rings is 1. The zero-order valence-corrected chi connectivity index (χ0v) is 13.5. The molecule has 0 bridgehead atoms. The fraction of sp³-hybridized carbons (Fsp3) is 0.600. The maximum absolute atomic E-state index is 6.33. The highest BCUT2D eigenvalue weighted by Gasteiger charge is 2.48. The quantitative estimate of drug-likeness (QED) is 0.727. The minimum atomic E-state index is 0.318. The SMILES string of the molecule is COc1ccc(C(Br)C2CC3CC3C2)c(OC)c1Cl. The summed E-state index contributed by atoms with van der Waals surface area (Å²) in [6.45, 7) is 0. The Bertz CT molecular complexity index is 481. The molecule has 2 fully saturated rings. The number of alkyl halides is 1. The molecule has 0 amide bonds. The molecule has 2 saturated carbocycles. The zero-order chi connectivity index (χ0) is 13.6. The van der Waals surface area contributed by atoms with Gasteiger partial charge in [-0.05, 0) is 43.1 Å². The van der Waals surface area contributed by atoms with Gasteiger partial charge in [-0.3, -0.25) is 0 Å². The van der Waals surface area contributed by atoms with Crippen LogP contribution in [-0.2, 0) is 0 Å². The lowest BCUT2D eigenvalue weighted by molar-refractivity contribution is 0.385. The van der Waals surface area contributed by atoms with Gasteiger partial charge in [-0.25, -0.2) is 0 Å². The Morgan fingerprint density at radius 2 is 1.84 bits per heavy atom.